The van der Waals surface area contributed by atoms with E-state index in [1.54, 1.807) is 11.0 Å². The summed E-state index contributed by atoms with van der Waals surface area (Å²) in [6.45, 7) is 5.34. The van der Waals surface area contributed by atoms with Gasteiger partial charge in [0.15, 0.2) is 11.5 Å². The molecule has 178 valence electrons. The average Bonchev–Trinajstić information content (AvgIpc) is 3.10. The molecule has 2 fully saturated rings. The summed E-state index contributed by atoms with van der Waals surface area (Å²) in [5.41, 5.74) is 0.0637. The zero-order valence-corrected chi connectivity index (χ0v) is 19.2. The largest absolute Gasteiger partial charge is 0.504 e. The Balaban J connectivity index is 1.62. The van der Waals surface area contributed by atoms with Crippen molar-refractivity contribution in [2.24, 2.45) is 0 Å². The molecule has 2 bridgehead atoms. The maximum absolute atomic E-state index is 13.4. The van der Waals surface area contributed by atoms with Crippen molar-refractivity contribution >= 4 is 10.2 Å². The van der Waals surface area contributed by atoms with E-state index in [2.05, 4.69) is 17.4 Å². The van der Waals surface area contributed by atoms with E-state index in [-0.39, 0.29) is 30.9 Å². The van der Waals surface area contributed by atoms with E-state index < -0.39 is 33.1 Å². The van der Waals surface area contributed by atoms with Gasteiger partial charge in [-0.1, -0.05) is 18.1 Å². The molecule has 5 atom stereocenters. The molecule has 9 heteroatoms. The third-order valence-electron chi connectivity index (χ3n) is 8.29. The van der Waals surface area contributed by atoms with Gasteiger partial charge in [-0.15, -0.1) is 16.9 Å². The highest BCUT2D eigenvalue weighted by Crippen LogP contribution is 2.65. The number of benzene rings is 1. The predicted octanol–water partition coefficient (Wildman–Crippen LogP) is 1.34. The van der Waals surface area contributed by atoms with Gasteiger partial charge >= 0.3 is 10.2 Å². The molecular weight excluding hydrogens is 447 g/mol. The van der Waals surface area contributed by atoms with E-state index >= 15 is 0 Å². The van der Waals surface area contributed by atoms with Gasteiger partial charge in [0.2, 0.25) is 0 Å². The van der Waals surface area contributed by atoms with Crippen molar-refractivity contribution in [2.75, 3.05) is 31.9 Å². The van der Waals surface area contributed by atoms with Gasteiger partial charge in [-0.05, 0) is 43.9 Å². The molecule has 2 heterocycles. The lowest BCUT2D eigenvalue weighted by Crippen LogP contribution is -2.78. The number of nitrogens with zero attached hydrogens (tertiary/aromatic N) is 2. The maximum atomic E-state index is 13.4. The number of aliphatic hydroxyl groups is 1. The van der Waals surface area contributed by atoms with Gasteiger partial charge in [-0.3, -0.25) is 9.80 Å². The fourth-order valence-electron chi connectivity index (χ4n) is 7.07. The second-order valence-corrected chi connectivity index (χ2v) is 11.1. The normalized spacial score (nSPS) is 34.4. The third-order valence-corrected chi connectivity index (χ3v) is 8.96. The molecule has 0 aromatic heterocycles. The van der Waals surface area contributed by atoms with E-state index in [0.717, 1.165) is 17.7 Å². The summed E-state index contributed by atoms with van der Waals surface area (Å²) in [5, 5.41) is 23.0. The van der Waals surface area contributed by atoms with E-state index in [1.165, 1.54) is 0 Å². The van der Waals surface area contributed by atoms with Crippen LogP contribution in [0.2, 0.25) is 0 Å². The number of phenols is 1. The zero-order valence-electron chi connectivity index (χ0n) is 18.4. The van der Waals surface area contributed by atoms with Crippen molar-refractivity contribution in [1.29, 1.82) is 0 Å². The Kier molecular flexibility index (Phi) is 5.29. The second kappa shape index (κ2) is 7.70. The molecular formula is C24H29FN2O5S. The van der Waals surface area contributed by atoms with E-state index in [0.29, 0.717) is 38.0 Å². The van der Waals surface area contributed by atoms with Crippen LogP contribution in [-0.2, 0) is 22.1 Å². The van der Waals surface area contributed by atoms with Crippen LogP contribution in [-0.4, -0.2) is 84.2 Å². The number of phenolic OH excluding ortho intramolecular Hbond substituents is 1. The summed E-state index contributed by atoms with van der Waals surface area (Å²) in [4.78, 5) is 4.04. The molecule has 1 saturated heterocycles. The fraction of sp³-hybridized carbons (Fsp3) is 0.583. The van der Waals surface area contributed by atoms with Gasteiger partial charge in [-0.25, -0.2) is 0 Å². The van der Waals surface area contributed by atoms with Crippen LogP contribution >= 0.6 is 0 Å². The van der Waals surface area contributed by atoms with Crippen LogP contribution in [0.15, 0.2) is 24.8 Å². The molecule has 0 amide bonds. The van der Waals surface area contributed by atoms with Crippen LogP contribution in [0.5, 0.6) is 11.5 Å². The quantitative estimate of drug-likeness (QED) is 0.349. The van der Waals surface area contributed by atoms with Crippen molar-refractivity contribution in [3.8, 4) is 23.8 Å². The Labute approximate surface area is 194 Å². The van der Waals surface area contributed by atoms with Gasteiger partial charge < -0.3 is 14.9 Å². The highest BCUT2D eigenvalue weighted by Gasteiger charge is 2.73. The monoisotopic (exact) mass is 476 g/mol. The van der Waals surface area contributed by atoms with Gasteiger partial charge in [0.05, 0.1) is 23.3 Å². The van der Waals surface area contributed by atoms with Crippen LogP contribution in [0.1, 0.15) is 30.4 Å². The number of halogens is 1. The van der Waals surface area contributed by atoms with Crippen LogP contribution in [0.25, 0.3) is 0 Å². The predicted molar refractivity (Wildman–Crippen MR) is 121 cm³/mol. The molecule has 2 aliphatic heterocycles. The minimum Gasteiger partial charge on any atom is -0.504 e. The Morgan fingerprint density at radius 2 is 2.21 bits per heavy atom. The Hall–Kier alpha value is -2.12. The zero-order chi connectivity index (χ0) is 23.6. The lowest BCUT2D eigenvalue weighted by Gasteiger charge is -2.64. The molecule has 1 aromatic carbocycles. The van der Waals surface area contributed by atoms with Crippen LogP contribution in [0, 0.1) is 12.3 Å². The van der Waals surface area contributed by atoms with Crippen LogP contribution in [0.3, 0.4) is 0 Å². The van der Waals surface area contributed by atoms with E-state index in [1.807, 2.05) is 12.1 Å². The highest BCUT2D eigenvalue weighted by molar-refractivity contribution is 7.86. The molecule has 33 heavy (non-hydrogen) atoms. The molecule has 1 spiro atoms. The molecule has 2 aliphatic carbocycles. The number of rotatable bonds is 7. The molecule has 0 radical (unpaired) electrons. The first-order valence-electron chi connectivity index (χ1n) is 11.4. The summed E-state index contributed by atoms with van der Waals surface area (Å²) >= 11 is 0. The molecule has 5 rings (SSSR count). The van der Waals surface area contributed by atoms with Gasteiger partial charge in [0.25, 0.3) is 0 Å². The number of aromatic hydroxyl groups is 1. The van der Waals surface area contributed by atoms with Crippen molar-refractivity contribution in [3.05, 3.63) is 35.9 Å². The van der Waals surface area contributed by atoms with Crippen molar-refractivity contribution in [1.82, 2.24) is 9.80 Å². The standard InChI is InChI=1S/C24H29FN2O5S/c1-3-10-26(13-14-33(25,30)31)17-7-8-24(29)19-15-16-5-6-18(28)21-20(16)23(24,22(17)32-21)9-12-27(19)11-4-2/h1,4-6,17,19,22,28-29H,2,7-15H2/t17-,19?,22?,23+,24-/m1/s1. The maximum Gasteiger partial charge on any atom is 0.303 e. The second-order valence-electron chi connectivity index (χ2n) is 9.66. The van der Waals surface area contributed by atoms with Gasteiger partial charge in [-0.2, -0.15) is 8.42 Å². The molecule has 7 nitrogen and oxygen atoms in total. The van der Waals surface area contributed by atoms with Crippen LogP contribution in [0.4, 0.5) is 3.89 Å². The summed E-state index contributed by atoms with van der Waals surface area (Å²) in [6.07, 6.45) is 9.12. The fourth-order valence-corrected chi connectivity index (χ4v) is 7.52. The number of ether oxygens (including phenoxy) is 1. The first-order valence-corrected chi connectivity index (χ1v) is 12.9. The van der Waals surface area contributed by atoms with Gasteiger partial charge in [0, 0.05) is 30.7 Å². The minimum atomic E-state index is -4.67. The SMILES string of the molecule is C#CCN(CCS(=O)(=O)F)[C@@H]1CC[C@@]2(O)C3Cc4ccc(O)c5c4[C@@]2(CCN3CC=C)C1O5. The third kappa shape index (κ3) is 3.15. The lowest BCUT2D eigenvalue weighted by molar-refractivity contribution is -0.197. The van der Waals surface area contributed by atoms with Gasteiger partial charge in [0.1, 0.15) is 6.10 Å². The molecule has 2 N–H and O–H groups in total. The minimum absolute atomic E-state index is 0.0282. The van der Waals surface area contributed by atoms with Crippen molar-refractivity contribution in [2.45, 2.75) is 54.9 Å². The van der Waals surface area contributed by atoms with Crippen LogP contribution < -0.4 is 4.74 Å². The molecule has 4 aliphatic rings. The molecule has 1 saturated carbocycles. The number of hydrogen-bond acceptors (Lipinski definition) is 7. The Morgan fingerprint density at radius 3 is 2.91 bits per heavy atom. The molecule has 1 aromatic rings. The summed E-state index contributed by atoms with van der Waals surface area (Å²) in [6, 6.07) is 3.08. The lowest BCUT2D eigenvalue weighted by atomic mass is 9.48. The topological polar surface area (TPSA) is 90.3 Å². The number of likely N-dealkylation sites (tertiary alicyclic amines) is 1. The summed E-state index contributed by atoms with van der Waals surface area (Å²) < 4.78 is 42.3. The summed E-state index contributed by atoms with van der Waals surface area (Å²) in [5.74, 6) is 2.33. The van der Waals surface area contributed by atoms with E-state index in [9.17, 15) is 22.5 Å². The Morgan fingerprint density at radius 1 is 1.42 bits per heavy atom. The first-order chi connectivity index (χ1) is 15.7. The Bertz CT molecular complexity index is 1130. The highest BCUT2D eigenvalue weighted by atomic mass is 32.3. The number of hydrogen-bond donors (Lipinski definition) is 2. The molecule has 2 unspecified atom stereocenters. The van der Waals surface area contributed by atoms with Crippen molar-refractivity contribution in [3.63, 3.8) is 0 Å². The first kappa shape index (κ1) is 22.7. The average molecular weight is 477 g/mol. The summed E-state index contributed by atoms with van der Waals surface area (Å²) in [7, 11) is -4.67. The number of terminal acetylenes is 1. The van der Waals surface area contributed by atoms with E-state index in [4.69, 9.17) is 11.2 Å². The van der Waals surface area contributed by atoms with Crippen molar-refractivity contribution < 1.29 is 27.3 Å². The smallest absolute Gasteiger partial charge is 0.303 e. The number of piperidine rings is 1.